The van der Waals surface area contributed by atoms with Crippen LogP contribution in [0.5, 0.6) is 0 Å². The molecule has 0 unspecified atom stereocenters. The zero-order valence-corrected chi connectivity index (χ0v) is 6.92. The Labute approximate surface area is 71.6 Å². The third-order valence-electron chi connectivity index (χ3n) is 2.23. The lowest BCUT2D eigenvalue weighted by Gasteiger charge is -1.95. The number of fused-ring (bicyclic) bond motifs is 6. The number of rotatable bonds is 0. The standard InChI is InChI=1S/C10H11NO/c12-10-5-6-11-7-8-1-3-9(10)4-2-8/h1-4,11H,5-7H2/p+1. The number of hydrogen-bond acceptors (Lipinski definition) is 1. The number of ketones is 1. The highest BCUT2D eigenvalue weighted by Gasteiger charge is 2.09. The third kappa shape index (κ3) is 1.38. The van der Waals surface area contributed by atoms with E-state index in [2.05, 4.69) is 5.32 Å². The Hall–Kier alpha value is -1.15. The first-order chi connectivity index (χ1) is 5.86. The highest BCUT2D eigenvalue weighted by Crippen LogP contribution is 2.06. The molecule has 2 bridgehead atoms. The molecule has 2 heterocycles. The van der Waals surface area contributed by atoms with Gasteiger partial charge in [0, 0.05) is 11.1 Å². The van der Waals surface area contributed by atoms with Crippen molar-refractivity contribution in [3.8, 4) is 0 Å². The number of nitrogens with two attached hydrogens (primary N) is 1. The Bertz CT molecular complexity index is 289. The summed E-state index contributed by atoms with van der Waals surface area (Å²) in [5.74, 6) is 0.264. The number of carbonyl (C=O) groups is 1. The summed E-state index contributed by atoms with van der Waals surface area (Å²) in [6.07, 6.45) is 0.664. The molecular weight excluding hydrogens is 150 g/mol. The predicted octanol–water partition coefficient (Wildman–Crippen LogP) is 0.336. The van der Waals surface area contributed by atoms with Gasteiger partial charge in [-0.2, -0.15) is 0 Å². The second-order valence-corrected chi connectivity index (χ2v) is 3.15. The molecule has 12 heavy (non-hydrogen) atoms. The van der Waals surface area contributed by atoms with Gasteiger partial charge in [0.05, 0.1) is 13.0 Å². The second-order valence-electron chi connectivity index (χ2n) is 3.15. The van der Waals surface area contributed by atoms with Gasteiger partial charge in [0.2, 0.25) is 0 Å². The van der Waals surface area contributed by atoms with Crippen LogP contribution in [0.25, 0.3) is 0 Å². The summed E-state index contributed by atoms with van der Waals surface area (Å²) >= 11 is 0. The van der Waals surface area contributed by atoms with Crippen LogP contribution in [-0.2, 0) is 6.54 Å². The summed E-state index contributed by atoms with van der Waals surface area (Å²) in [5.41, 5.74) is 2.16. The van der Waals surface area contributed by atoms with Crippen molar-refractivity contribution in [2.75, 3.05) is 6.54 Å². The molecule has 2 heteroatoms. The summed E-state index contributed by atoms with van der Waals surface area (Å²) < 4.78 is 0. The molecule has 2 nitrogen and oxygen atoms in total. The molecule has 1 aromatic rings. The Balaban J connectivity index is 2.38. The van der Waals surface area contributed by atoms with Crippen LogP contribution in [0.15, 0.2) is 24.3 Å². The van der Waals surface area contributed by atoms with E-state index in [-0.39, 0.29) is 5.78 Å². The van der Waals surface area contributed by atoms with E-state index in [1.807, 2.05) is 24.3 Å². The topological polar surface area (TPSA) is 33.7 Å². The lowest BCUT2D eigenvalue weighted by Crippen LogP contribution is -2.82. The van der Waals surface area contributed by atoms with Crippen LogP contribution in [0.2, 0.25) is 0 Å². The van der Waals surface area contributed by atoms with Gasteiger partial charge in [-0.3, -0.25) is 4.79 Å². The fraction of sp³-hybridized carbons (Fsp3) is 0.300. The summed E-state index contributed by atoms with van der Waals surface area (Å²) in [4.78, 5) is 11.4. The van der Waals surface area contributed by atoms with Crippen molar-refractivity contribution < 1.29 is 10.1 Å². The van der Waals surface area contributed by atoms with E-state index in [1.54, 1.807) is 0 Å². The third-order valence-corrected chi connectivity index (χ3v) is 2.23. The Morgan fingerprint density at radius 3 is 2.67 bits per heavy atom. The summed E-state index contributed by atoms with van der Waals surface area (Å²) in [5, 5.41) is 2.18. The Morgan fingerprint density at radius 2 is 1.92 bits per heavy atom. The molecule has 0 atom stereocenters. The van der Waals surface area contributed by atoms with Crippen LogP contribution in [-0.4, -0.2) is 12.3 Å². The maximum absolute atomic E-state index is 11.4. The van der Waals surface area contributed by atoms with Gasteiger partial charge in [0.1, 0.15) is 6.54 Å². The quantitative estimate of drug-likeness (QED) is 0.586. The smallest absolute Gasteiger partial charge is 0.168 e. The largest absolute Gasteiger partial charge is 0.342 e. The number of carbonyl (C=O) groups excluding carboxylic acids is 1. The van der Waals surface area contributed by atoms with E-state index in [0.717, 1.165) is 18.7 Å². The maximum atomic E-state index is 11.4. The molecule has 0 aromatic heterocycles. The van der Waals surface area contributed by atoms with E-state index in [9.17, 15) is 4.79 Å². The first-order valence-electron chi connectivity index (χ1n) is 4.30. The van der Waals surface area contributed by atoms with Gasteiger partial charge in [-0.15, -0.1) is 0 Å². The van der Waals surface area contributed by atoms with Crippen molar-refractivity contribution in [3.05, 3.63) is 35.4 Å². The maximum Gasteiger partial charge on any atom is 0.168 e. The van der Waals surface area contributed by atoms with Gasteiger partial charge in [0.25, 0.3) is 0 Å². The zero-order chi connectivity index (χ0) is 8.39. The molecular formula is C10H12NO+. The van der Waals surface area contributed by atoms with Gasteiger partial charge >= 0.3 is 0 Å². The summed E-state index contributed by atoms with van der Waals surface area (Å²) in [6.45, 7) is 1.91. The molecule has 2 N–H and O–H groups in total. The van der Waals surface area contributed by atoms with Crippen LogP contribution in [0, 0.1) is 0 Å². The van der Waals surface area contributed by atoms with Crippen LogP contribution in [0.3, 0.4) is 0 Å². The first kappa shape index (κ1) is 7.50. The summed E-state index contributed by atoms with van der Waals surface area (Å²) in [6, 6.07) is 7.93. The molecule has 0 saturated carbocycles. The molecule has 0 radical (unpaired) electrons. The van der Waals surface area contributed by atoms with Crippen LogP contribution in [0.1, 0.15) is 22.3 Å². The SMILES string of the molecule is O=C1CC[NH2+]Cc2ccc1cc2. The van der Waals surface area contributed by atoms with E-state index >= 15 is 0 Å². The van der Waals surface area contributed by atoms with Crippen molar-refractivity contribution in [1.82, 2.24) is 0 Å². The molecule has 0 spiro atoms. The highest BCUT2D eigenvalue weighted by molar-refractivity contribution is 5.96. The Kier molecular flexibility index (Phi) is 1.92. The van der Waals surface area contributed by atoms with Crippen molar-refractivity contribution in [2.24, 2.45) is 0 Å². The molecule has 3 rings (SSSR count). The molecule has 2 aliphatic rings. The number of quaternary nitrogens is 1. The van der Waals surface area contributed by atoms with E-state index in [1.165, 1.54) is 5.56 Å². The van der Waals surface area contributed by atoms with Gasteiger partial charge < -0.3 is 5.32 Å². The van der Waals surface area contributed by atoms with Crippen molar-refractivity contribution in [2.45, 2.75) is 13.0 Å². The van der Waals surface area contributed by atoms with Gasteiger partial charge in [0.15, 0.2) is 5.78 Å². The second kappa shape index (κ2) is 3.07. The lowest BCUT2D eigenvalue weighted by atomic mass is 10.1. The molecule has 0 saturated heterocycles. The minimum Gasteiger partial charge on any atom is -0.342 e. The zero-order valence-electron chi connectivity index (χ0n) is 6.92. The minimum absolute atomic E-state index is 0.264. The molecule has 62 valence electrons. The average molecular weight is 162 g/mol. The lowest BCUT2D eigenvalue weighted by molar-refractivity contribution is -0.669. The van der Waals surface area contributed by atoms with Crippen LogP contribution in [0.4, 0.5) is 0 Å². The molecule has 0 amide bonds. The predicted molar refractivity (Wildman–Crippen MR) is 45.9 cm³/mol. The minimum atomic E-state index is 0.264. The number of benzene rings is 1. The highest BCUT2D eigenvalue weighted by atomic mass is 16.1. The number of Topliss-reactive ketones (excluding diaryl/α,β-unsaturated/α-hetero) is 1. The molecule has 1 aromatic carbocycles. The first-order valence-corrected chi connectivity index (χ1v) is 4.30. The average Bonchev–Trinajstić information content (AvgIpc) is 2.24. The van der Waals surface area contributed by atoms with Crippen LogP contribution >= 0.6 is 0 Å². The van der Waals surface area contributed by atoms with E-state index in [4.69, 9.17) is 0 Å². The normalized spacial score (nSPS) is 16.8. The molecule has 0 aliphatic carbocycles. The van der Waals surface area contributed by atoms with Crippen molar-refractivity contribution >= 4 is 5.78 Å². The van der Waals surface area contributed by atoms with Crippen molar-refractivity contribution in [3.63, 3.8) is 0 Å². The fourth-order valence-electron chi connectivity index (χ4n) is 1.47. The van der Waals surface area contributed by atoms with E-state index in [0.29, 0.717) is 6.42 Å². The van der Waals surface area contributed by atoms with Crippen molar-refractivity contribution in [1.29, 1.82) is 0 Å². The molecule has 2 aliphatic heterocycles. The van der Waals surface area contributed by atoms with E-state index < -0.39 is 0 Å². The summed E-state index contributed by atoms with van der Waals surface area (Å²) in [7, 11) is 0. The van der Waals surface area contributed by atoms with Gasteiger partial charge in [-0.1, -0.05) is 24.3 Å². The number of hydrogen-bond donors (Lipinski definition) is 1. The van der Waals surface area contributed by atoms with Crippen LogP contribution < -0.4 is 5.32 Å². The Morgan fingerprint density at radius 1 is 1.17 bits per heavy atom. The van der Waals surface area contributed by atoms with Gasteiger partial charge in [-0.25, -0.2) is 0 Å². The van der Waals surface area contributed by atoms with Gasteiger partial charge in [-0.05, 0) is 0 Å². The fourth-order valence-corrected chi connectivity index (χ4v) is 1.47. The monoisotopic (exact) mass is 162 g/mol. The molecule has 0 fully saturated rings.